The van der Waals surface area contributed by atoms with Crippen LogP contribution in [0.15, 0.2) is 42.5 Å². The molecule has 0 saturated carbocycles. The topological polar surface area (TPSA) is 67.4 Å². The molecule has 120 valence electrons. The lowest BCUT2D eigenvalue weighted by atomic mass is 10.1. The minimum Gasteiger partial charge on any atom is -0.483 e. The fourth-order valence-electron chi connectivity index (χ4n) is 2.05. The minimum atomic E-state index is -0.251. The Bertz CT molecular complexity index is 709. The fourth-order valence-corrected chi connectivity index (χ4v) is 2.05. The Labute approximate surface area is 135 Å². The molecular formula is C18H20N2O3. The van der Waals surface area contributed by atoms with Crippen LogP contribution in [0.5, 0.6) is 5.75 Å². The van der Waals surface area contributed by atoms with Gasteiger partial charge in [-0.25, -0.2) is 0 Å². The monoisotopic (exact) mass is 312 g/mol. The number of hydrogen-bond donors (Lipinski definition) is 2. The lowest BCUT2D eigenvalue weighted by molar-refractivity contribution is -0.118. The van der Waals surface area contributed by atoms with Crippen LogP contribution in [0.25, 0.3) is 0 Å². The molecule has 2 N–H and O–H groups in total. The summed E-state index contributed by atoms with van der Waals surface area (Å²) in [5, 5.41) is 5.28. The highest BCUT2D eigenvalue weighted by Gasteiger charge is 2.07. The van der Waals surface area contributed by atoms with Gasteiger partial charge in [-0.15, -0.1) is 0 Å². The Morgan fingerprint density at radius 1 is 1.04 bits per heavy atom. The number of benzene rings is 2. The summed E-state index contributed by atoms with van der Waals surface area (Å²) in [6, 6.07) is 12.5. The van der Waals surface area contributed by atoms with E-state index in [1.807, 2.05) is 32.0 Å². The molecule has 0 saturated heterocycles. The Morgan fingerprint density at radius 3 is 2.39 bits per heavy atom. The van der Waals surface area contributed by atoms with Gasteiger partial charge in [0.15, 0.2) is 6.61 Å². The molecule has 0 radical (unpaired) electrons. The van der Waals surface area contributed by atoms with Crippen molar-refractivity contribution in [2.24, 2.45) is 0 Å². The number of nitrogens with one attached hydrogen (secondary N) is 2. The van der Waals surface area contributed by atoms with Crippen molar-refractivity contribution in [2.75, 3.05) is 19.0 Å². The summed E-state index contributed by atoms with van der Waals surface area (Å²) in [7, 11) is 1.57. The maximum atomic E-state index is 11.9. The predicted molar refractivity (Wildman–Crippen MR) is 89.9 cm³/mol. The van der Waals surface area contributed by atoms with Crippen molar-refractivity contribution in [1.82, 2.24) is 5.32 Å². The second-order valence-corrected chi connectivity index (χ2v) is 5.26. The van der Waals surface area contributed by atoms with Crippen molar-refractivity contribution in [3.63, 3.8) is 0 Å². The average molecular weight is 312 g/mol. The van der Waals surface area contributed by atoms with Gasteiger partial charge in [0.1, 0.15) is 5.75 Å². The van der Waals surface area contributed by atoms with Crippen molar-refractivity contribution < 1.29 is 14.3 Å². The summed E-state index contributed by atoms with van der Waals surface area (Å²) in [5.74, 6) is 0.287. The van der Waals surface area contributed by atoms with Gasteiger partial charge in [-0.1, -0.05) is 12.1 Å². The molecule has 2 amide bonds. The number of carbonyl (C=O) groups excluding carboxylic acids is 2. The van der Waals surface area contributed by atoms with E-state index < -0.39 is 0 Å². The molecule has 0 aliphatic carbocycles. The molecule has 0 atom stereocenters. The van der Waals surface area contributed by atoms with E-state index in [9.17, 15) is 9.59 Å². The molecule has 0 aliphatic rings. The first-order valence-electron chi connectivity index (χ1n) is 7.31. The Kier molecular flexibility index (Phi) is 5.36. The van der Waals surface area contributed by atoms with Crippen molar-refractivity contribution in [2.45, 2.75) is 13.8 Å². The second kappa shape index (κ2) is 7.45. The van der Waals surface area contributed by atoms with Crippen LogP contribution in [0.1, 0.15) is 21.5 Å². The highest BCUT2D eigenvalue weighted by atomic mass is 16.5. The fraction of sp³-hybridized carbons (Fsp3) is 0.222. The van der Waals surface area contributed by atoms with Crippen molar-refractivity contribution in [1.29, 1.82) is 0 Å². The van der Waals surface area contributed by atoms with E-state index in [1.165, 1.54) is 0 Å². The Hall–Kier alpha value is -2.82. The van der Waals surface area contributed by atoms with E-state index in [0.29, 0.717) is 17.0 Å². The van der Waals surface area contributed by atoms with Gasteiger partial charge in [0.25, 0.3) is 11.8 Å². The predicted octanol–water partition coefficient (Wildman–Crippen LogP) is 2.68. The number of anilines is 1. The van der Waals surface area contributed by atoms with Gasteiger partial charge in [0.05, 0.1) is 0 Å². The van der Waals surface area contributed by atoms with E-state index in [-0.39, 0.29) is 18.4 Å². The van der Waals surface area contributed by atoms with Crippen molar-refractivity contribution in [3.05, 3.63) is 59.2 Å². The zero-order valence-corrected chi connectivity index (χ0v) is 13.5. The number of hydrogen-bond acceptors (Lipinski definition) is 3. The molecule has 5 nitrogen and oxygen atoms in total. The Balaban J connectivity index is 1.92. The van der Waals surface area contributed by atoms with Crippen LogP contribution in [-0.4, -0.2) is 25.5 Å². The molecule has 0 bridgehead atoms. The van der Waals surface area contributed by atoms with Crippen LogP contribution in [0.2, 0.25) is 0 Å². The zero-order valence-electron chi connectivity index (χ0n) is 13.5. The van der Waals surface area contributed by atoms with Gasteiger partial charge in [-0.3, -0.25) is 9.59 Å². The molecule has 0 unspecified atom stereocenters. The van der Waals surface area contributed by atoms with Crippen molar-refractivity contribution >= 4 is 17.5 Å². The molecule has 2 aromatic carbocycles. The lowest BCUT2D eigenvalue weighted by Gasteiger charge is -2.10. The first-order chi connectivity index (χ1) is 11.0. The number of carbonyl (C=O) groups is 2. The molecule has 0 heterocycles. The molecule has 2 aromatic rings. The van der Waals surface area contributed by atoms with Crippen LogP contribution in [-0.2, 0) is 4.79 Å². The maximum Gasteiger partial charge on any atom is 0.262 e. The first kappa shape index (κ1) is 16.5. The van der Waals surface area contributed by atoms with E-state index in [0.717, 1.165) is 11.1 Å². The van der Waals surface area contributed by atoms with Crippen LogP contribution >= 0.6 is 0 Å². The van der Waals surface area contributed by atoms with Crippen LogP contribution in [0, 0.1) is 13.8 Å². The van der Waals surface area contributed by atoms with Crippen LogP contribution < -0.4 is 15.4 Å². The van der Waals surface area contributed by atoms with Gasteiger partial charge in [-0.2, -0.15) is 0 Å². The summed E-state index contributed by atoms with van der Waals surface area (Å²) < 4.78 is 5.55. The van der Waals surface area contributed by atoms with Gasteiger partial charge < -0.3 is 15.4 Å². The van der Waals surface area contributed by atoms with Gasteiger partial charge in [0, 0.05) is 18.3 Å². The molecular weight excluding hydrogens is 292 g/mol. The highest BCUT2D eigenvalue weighted by Crippen LogP contribution is 2.19. The van der Waals surface area contributed by atoms with E-state index in [2.05, 4.69) is 10.6 Å². The second-order valence-electron chi connectivity index (χ2n) is 5.26. The minimum absolute atomic E-state index is 0.0680. The lowest BCUT2D eigenvalue weighted by Crippen LogP contribution is -2.21. The molecule has 0 spiro atoms. The SMILES string of the molecule is CNC(=O)c1ccc(NC(=O)COc2cc(C)ccc2C)cc1. The molecule has 0 aromatic heterocycles. The number of amides is 2. The third-order valence-electron chi connectivity index (χ3n) is 3.36. The third-order valence-corrected chi connectivity index (χ3v) is 3.36. The molecule has 23 heavy (non-hydrogen) atoms. The van der Waals surface area contributed by atoms with Crippen LogP contribution in [0.4, 0.5) is 5.69 Å². The zero-order chi connectivity index (χ0) is 16.8. The first-order valence-corrected chi connectivity index (χ1v) is 7.31. The Morgan fingerprint density at radius 2 is 1.74 bits per heavy atom. The maximum absolute atomic E-state index is 11.9. The van der Waals surface area contributed by atoms with E-state index in [1.54, 1.807) is 31.3 Å². The molecule has 5 heteroatoms. The molecule has 0 aliphatic heterocycles. The van der Waals surface area contributed by atoms with Gasteiger partial charge >= 0.3 is 0 Å². The smallest absolute Gasteiger partial charge is 0.262 e. The number of rotatable bonds is 5. The summed E-state index contributed by atoms with van der Waals surface area (Å²) in [4.78, 5) is 23.4. The summed E-state index contributed by atoms with van der Waals surface area (Å²) in [6.07, 6.45) is 0. The van der Waals surface area contributed by atoms with E-state index in [4.69, 9.17) is 4.74 Å². The summed E-state index contributed by atoms with van der Waals surface area (Å²) in [6.45, 7) is 3.84. The standard InChI is InChI=1S/C18H20N2O3/c1-12-4-5-13(2)16(10-12)23-11-17(21)20-15-8-6-14(7-9-15)18(22)19-3/h4-10H,11H2,1-3H3,(H,19,22)(H,20,21). The summed E-state index contributed by atoms with van der Waals surface area (Å²) in [5.41, 5.74) is 3.22. The number of ether oxygens (including phenoxy) is 1. The quantitative estimate of drug-likeness (QED) is 0.892. The molecule has 0 fully saturated rings. The average Bonchev–Trinajstić information content (AvgIpc) is 2.55. The highest BCUT2D eigenvalue weighted by molar-refractivity contribution is 5.95. The van der Waals surface area contributed by atoms with Crippen LogP contribution in [0.3, 0.4) is 0 Å². The third kappa shape index (κ3) is 4.57. The largest absolute Gasteiger partial charge is 0.483 e. The van der Waals surface area contributed by atoms with Gasteiger partial charge in [-0.05, 0) is 55.3 Å². The number of aryl methyl sites for hydroxylation is 2. The normalized spacial score (nSPS) is 10.0. The van der Waals surface area contributed by atoms with E-state index >= 15 is 0 Å². The molecule has 2 rings (SSSR count). The van der Waals surface area contributed by atoms with Crippen molar-refractivity contribution in [3.8, 4) is 5.75 Å². The summed E-state index contributed by atoms with van der Waals surface area (Å²) >= 11 is 0. The van der Waals surface area contributed by atoms with Gasteiger partial charge in [0.2, 0.25) is 0 Å².